The summed E-state index contributed by atoms with van der Waals surface area (Å²) < 4.78 is 23.5. The Morgan fingerprint density at radius 3 is 2.65 bits per heavy atom. The van der Waals surface area contributed by atoms with E-state index >= 15 is 0 Å². The third-order valence-corrected chi connectivity index (χ3v) is 3.35. The molecule has 0 aliphatic carbocycles. The van der Waals surface area contributed by atoms with E-state index in [4.69, 9.17) is 4.42 Å². The highest BCUT2D eigenvalue weighted by Crippen LogP contribution is 2.17. The van der Waals surface area contributed by atoms with Crippen LogP contribution in [0.4, 0.5) is 14.9 Å². The smallest absolute Gasteiger partial charge is 0.340 e. The highest BCUT2D eigenvalue weighted by Gasteiger charge is 2.15. The normalized spacial score (nSPS) is 10.3. The number of amides is 2. The lowest BCUT2D eigenvalue weighted by molar-refractivity contribution is 0.0595. The molecule has 0 radical (unpaired) electrons. The van der Waals surface area contributed by atoms with Gasteiger partial charge in [-0.15, -0.1) is 0 Å². The van der Waals surface area contributed by atoms with Gasteiger partial charge in [-0.1, -0.05) is 0 Å². The van der Waals surface area contributed by atoms with E-state index in [0.717, 1.165) is 17.4 Å². The van der Waals surface area contributed by atoms with Gasteiger partial charge < -0.3 is 19.4 Å². The van der Waals surface area contributed by atoms with Gasteiger partial charge >= 0.3 is 12.0 Å². The second-order valence-corrected chi connectivity index (χ2v) is 4.97. The van der Waals surface area contributed by atoms with Crippen molar-refractivity contribution in [1.29, 1.82) is 0 Å². The van der Waals surface area contributed by atoms with Crippen molar-refractivity contribution < 1.29 is 23.1 Å². The van der Waals surface area contributed by atoms with Gasteiger partial charge in [-0.3, -0.25) is 0 Å². The lowest BCUT2D eigenvalue weighted by Crippen LogP contribution is -2.31. The summed E-state index contributed by atoms with van der Waals surface area (Å²) in [5.74, 6) is -0.797. The Labute approximate surface area is 132 Å². The Balaban J connectivity index is 2.03. The zero-order valence-corrected chi connectivity index (χ0v) is 13.1. The monoisotopic (exact) mass is 320 g/mol. The van der Waals surface area contributed by atoms with E-state index in [-0.39, 0.29) is 11.3 Å². The maximum absolute atomic E-state index is 13.8. The molecule has 1 aromatic heterocycles. The van der Waals surface area contributed by atoms with Crippen molar-refractivity contribution in [3.8, 4) is 0 Å². The van der Waals surface area contributed by atoms with E-state index in [9.17, 15) is 14.0 Å². The maximum atomic E-state index is 13.8. The summed E-state index contributed by atoms with van der Waals surface area (Å²) in [6.45, 7) is 2.17. The first-order valence-corrected chi connectivity index (χ1v) is 6.85. The number of urea groups is 1. The molecule has 0 saturated carbocycles. The first-order valence-electron chi connectivity index (χ1n) is 6.85. The average Bonchev–Trinajstić information content (AvgIpc) is 2.91. The Kier molecular flexibility index (Phi) is 5.00. The number of nitrogens with zero attached hydrogens (tertiary/aromatic N) is 1. The number of rotatable bonds is 4. The topological polar surface area (TPSA) is 71.8 Å². The van der Waals surface area contributed by atoms with E-state index in [2.05, 4.69) is 10.1 Å². The summed E-state index contributed by atoms with van der Waals surface area (Å²) in [5, 5.41) is 2.56. The van der Waals surface area contributed by atoms with E-state index < -0.39 is 17.8 Å². The lowest BCUT2D eigenvalue weighted by Gasteiger charge is -2.17. The molecule has 1 heterocycles. The van der Waals surface area contributed by atoms with Gasteiger partial charge in [-0.2, -0.15) is 0 Å². The lowest BCUT2D eigenvalue weighted by atomic mass is 10.2. The number of esters is 1. The van der Waals surface area contributed by atoms with Crippen LogP contribution >= 0.6 is 0 Å². The molecular formula is C16H17FN2O4. The van der Waals surface area contributed by atoms with Gasteiger partial charge in [0.2, 0.25) is 0 Å². The fourth-order valence-corrected chi connectivity index (χ4v) is 1.99. The Hall–Kier alpha value is -2.83. The Morgan fingerprint density at radius 1 is 1.35 bits per heavy atom. The minimum Gasteiger partial charge on any atom is -0.469 e. The van der Waals surface area contributed by atoms with Crippen molar-refractivity contribution in [2.75, 3.05) is 19.5 Å². The first kappa shape index (κ1) is 16.5. The summed E-state index contributed by atoms with van der Waals surface area (Å²) in [4.78, 5) is 24.9. The number of anilines is 1. The number of hydrogen-bond donors (Lipinski definition) is 1. The molecule has 122 valence electrons. The summed E-state index contributed by atoms with van der Waals surface area (Å²) in [6, 6.07) is 5.14. The van der Waals surface area contributed by atoms with Crippen molar-refractivity contribution in [1.82, 2.24) is 4.90 Å². The number of ether oxygens (including phenoxy) is 1. The molecule has 0 saturated heterocycles. The minimum absolute atomic E-state index is 0.187. The van der Waals surface area contributed by atoms with Crippen LogP contribution in [0.5, 0.6) is 0 Å². The zero-order valence-electron chi connectivity index (χ0n) is 13.1. The van der Waals surface area contributed by atoms with Crippen LogP contribution < -0.4 is 5.32 Å². The average molecular weight is 320 g/mol. The maximum Gasteiger partial charge on any atom is 0.340 e. The van der Waals surface area contributed by atoms with Gasteiger partial charge in [-0.25, -0.2) is 14.0 Å². The summed E-state index contributed by atoms with van der Waals surface area (Å²) >= 11 is 0. The van der Waals surface area contributed by atoms with Crippen molar-refractivity contribution in [2.24, 2.45) is 0 Å². The third kappa shape index (κ3) is 3.88. The SMILES string of the molecule is COC(=O)c1ccc(NC(=O)N(C)Cc2ccoc2C)cc1F. The molecule has 0 aliphatic rings. The van der Waals surface area contributed by atoms with E-state index in [1.807, 2.05) is 6.92 Å². The van der Waals surface area contributed by atoms with Crippen LogP contribution in [0, 0.1) is 12.7 Å². The van der Waals surface area contributed by atoms with Gasteiger partial charge in [0.15, 0.2) is 0 Å². The van der Waals surface area contributed by atoms with Gasteiger partial charge in [0.1, 0.15) is 11.6 Å². The van der Waals surface area contributed by atoms with Crippen molar-refractivity contribution >= 4 is 17.7 Å². The highest BCUT2D eigenvalue weighted by atomic mass is 19.1. The number of benzene rings is 1. The molecule has 0 atom stereocenters. The number of hydrogen-bond acceptors (Lipinski definition) is 4. The number of furan rings is 1. The molecule has 0 unspecified atom stereocenters. The second-order valence-electron chi connectivity index (χ2n) is 4.97. The predicted octanol–water partition coefficient (Wildman–Crippen LogP) is 3.18. The van der Waals surface area contributed by atoms with Crippen LogP contribution in [-0.4, -0.2) is 31.1 Å². The third-order valence-electron chi connectivity index (χ3n) is 3.35. The number of nitrogens with one attached hydrogen (secondary N) is 1. The minimum atomic E-state index is -0.770. The van der Waals surface area contributed by atoms with Crippen LogP contribution in [0.3, 0.4) is 0 Å². The Morgan fingerprint density at radius 2 is 2.09 bits per heavy atom. The Bertz CT molecular complexity index is 727. The zero-order chi connectivity index (χ0) is 17.0. The first-order chi connectivity index (χ1) is 10.9. The van der Waals surface area contributed by atoms with Gasteiger partial charge in [-0.05, 0) is 31.2 Å². The second kappa shape index (κ2) is 6.95. The van der Waals surface area contributed by atoms with Crippen LogP contribution in [0.25, 0.3) is 0 Å². The van der Waals surface area contributed by atoms with Crippen LogP contribution in [0.2, 0.25) is 0 Å². The fourth-order valence-electron chi connectivity index (χ4n) is 1.99. The molecule has 6 nitrogen and oxygen atoms in total. The summed E-state index contributed by atoms with van der Waals surface area (Å²) in [6.07, 6.45) is 1.55. The largest absolute Gasteiger partial charge is 0.469 e. The van der Waals surface area contributed by atoms with E-state index in [1.54, 1.807) is 19.4 Å². The number of carbonyl (C=O) groups is 2. The summed E-state index contributed by atoms with van der Waals surface area (Å²) in [7, 11) is 2.78. The van der Waals surface area contributed by atoms with Crippen molar-refractivity contribution in [2.45, 2.75) is 13.5 Å². The van der Waals surface area contributed by atoms with Crippen molar-refractivity contribution in [3.05, 3.63) is 53.2 Å². The van der Waals surface area contributed by atoms with Crippen LogP contribution in [-0.2, 0) is 11.3 Å². The van der Waals surface area contributed by atoms with E-state index in [1.165, 1.54) is 24.1 Å². The molecule has 2 rings (SSSR count). The molecule has 0 fully saturated rings. The molecular weight excluding hydrogens is 303 g/mol. The molecule has 7 heteroatoms. The molecule has 23 heavy (non-hydrogen) atoms. The standard InChI is InChI=1S/C16H17FN2O4/c1-10-11(6-7-23-10)9-19(2)16(21)18-12-4-5-13(14(17)8-12)15(20)22-3/h4-8H,9H2,1-3H3,(H,18,21). The predicted molar refractivity (Wildman–Crippen MR) is 81.7 cm³/mol. The summed E-state index contributed by atoms with van der Waals surface area (Å²) in [5.41, 5.74) is 0.943. The molecule has 1 N–H and O–H groups in total. The quantitative estimate of drug-likeness (QED) is 0.878. The molecule has 0 spiro atoms. The molecule has 1 aromatic carbocycles. The highest BCUT2D eigenvalue weighted by molar-refractivity contribution is 5.92. The number of methoxy groups -OCH3 is 1. The number of halogens is 1. The molecule has 0 aliphatic heterocycles. The van der Waals surface area contributed by atoms with Crippen LogP contribution in [0.1, 0.15) is 21.7 Å². The van der Waals surface area contributed by atoms with E-state index in [0.29, 0.717) is 6.54 Å². The molecule has 2 amide bonds. The van der Waals surface area contributed by atoms with Crippen molar-refractivity contribution in [3.63, 3.8) is 0 Å². The number of aryl methyl sites for hydroxylation is 1. The van der Waals surface area contributed by atoms with Gasteiger partial charge in [0.05, 0.1) is 25.5 Å². The van der Waals surface area contributed by atoms with Gasteiger partial charge in [0, 0.05) is 18.3 Å². The molecule has 2 aromatic rings. The number of carbonyl (C=O) groups excluding carboxylic acids is 2. The van der Waals surface area contributed by atoms with Gasteiger partial charge in [0.25, 0.3) is 0 Å². The van der Waals surface area contributed by atoms with Crippen LogP contribution in [0.15, 0.2) is 34.9 Å². The molecule has 0 bridgehead atoms. The fraction of sp³-hybridized carbons (Fsp3) is 0.250.